The Bertz CT molecular complexity index is 489. The second-order valence-electron chi connectivity index (χ2n) is 4.63. The Morgan fingerprint density at radius 2 is 2.00 bits per heavy atom. The summed E-state index contributed by atoms with van der Waals surface area (Å²) in [6.45, 7) is 3.18. The first kappa shape index (κ1) is 15.6. The van der Waals surface area contributed by atoms with Gasteiger partial charge in [0.15, 0.2) is 0 Å². The zero-order valence-electron chi connectivity index (χ0n) is 10.2. The summed E-state index contributed by atoms with van der Waals surface area (Å²) in [5.74, 6) is 0. The molecule has 1 heterocycles. The second-order valence-corrected chi connectivity index (χ2v) is 4.99. The van der Waals surface area contributed by atoms with Crippen LogP contribution in [0.15, 0.2) is 12.1 Å². The van der Waals surface area contributed by atoms with E-state index < -0.39 is 28.5 Å². The molecule has 4 nitrogen and oxygen atoms in total. The Labute approximate surface area is 112 Å². The van der Waals surface area contributed by atoms with E-state index in [0.717, 1.165) is 6.07 Å². The molecule has 0 aromatic carbocycles. The molecule has 1 aromatic heterocycles. The third-order valence-corrected chi connectivity index (χ3v) is 2.57. The van der Waals surface area contributed by atoms with Gasteiger partial charge in [-0.3, -0.25) is 0 Å². The van der Waals surface area contributed by atoms with E-state index in [4.69, 9.17) is 16.7 Å². The van der Waals surface area contributed by atoms with E-state index in [-0.39, 0.29) is 12.1 Å². The van der Waals surface area contributed by atoms with E-state index in [9.17, 15) is 18.0 Å². The number of pyridine rings is 1. The molecule has 106 valence electrons. The maximum atomic E-state index is 12.5. The first-order chi connectivity index (χ1) is 8.51. The number of aromatic nitrogens is 1. The Hall–Kier alpha value is -1.50. The predicted octanol–water partition coefficient (Wildman–Crippen LogP) is 3.34. The Balaban J connectivity index is 2.93. The quantitative estimate of drug-likeness (QED) is 0.841. The van der Waals surface area contributed by atoms with Crippen LogP contribution < -0.4 is 5.32 Å². The normalized spacial score (nSPS) is 12.3. The molecule has 0 spiro atoms. The Morgan fingerprint density at radius 1 is 1.42 bits per heavy atom. The summed E-state index contributed by atoms with van der Waals surface area (Å²) >= 11 is 5.48. The second kappa shape index (κ2) is 5.24. The molecular formula is C11H12ClF3N2O2. The van der Waals surface area contributed by atoms with Gasteiger partial charge in [0.05, 0.1) is 5.56 Å². The minimum Gasteiger partial charge on any atom is -0.465 e. The van der Waals surface area contributed by atoms with Gasteiger partial charge in [0.2, 0.25) is 0 Å². The molecule has 0 aliphatic heterocycles. The highest BCUT2D eigenvalue weighted by Gasteiger charge is 2.34. The molecule has 0 unspecified atom stereocenters. The van der Waals surface area contributed by atoms with Crippen molar-refractivity contribution >= 4 is 17.7 Å². The van der Waals surface area contributed by atoms with Crippen LogP contribution in [0.1, 0.15) is 25.1 Å². The van der Waals surface area contributed by atoms with Crippen molar-refractivity contribution in [3.63, 3.8) is 0 Å². The van der Waals surface area contributed by atoms with Crippen LogP contribution in [0.5, 0.6) is 0 Å². The minimum absolute atomic E-state index is 0.122. The van der Waals surface area contributed by atoms with Crippen LogP contribution in [0.4, 0.5) is 18.0 Å². The van der Waals surface area contributed by atoms with Crippen molar-refractivity contribution in [2.24, 2.45) is 0 Å². The van der Waals surface area contributed by atoms with E-state index in [0.29, 0.717) is 0 Å². The highest BCUT2D eigenvalue weighted by molar-refractivity contribution is 6.30. The lowest BCUT2D eigenvalue weighted by Gasteiger charge is -2.24. The fraction of sp³-hybridized carbons (Fsp3) is 0.455. The van der Waals surface area contributed by atoms with Crippen LogP contribution >= 0.6 is 11.6 Å². The van der Waals surface area contributed by atoms with Crippen molar-refractivity contribution in [1.29, 1.82) is 0 Å². The molecule has 1 aromatic rings. The number of amides is 1. The molecule has 0 aliphatic rings. The van der Waals surface area contributed by atoms with Gasteiger partial charge in [0, 0.05) is 17.7 Å². The molecule has 0 atom stereocenters. The number of hydrogen-bond donors (Lipinski definition) is 2. The maximum absolute atomic E-state index is 12.5. The van der Waals surface area contributed by atoms with Crippen LogP contribution in [0.25, 0.3) is 0 Å². The third-order valence-electron chi connectivity index (χ3n) is 2.28. The predicted molar refractivity (Wildman–Crippen MR) is 63.2 cm³/mol. The van der Waals surface area contributed by atoms with E-state index in [1.165, 1.54) is 6.07 Å². The zero-order chi connectivity index (χ0) is 14.8. The SMILES string of the molecule is CC(C)(Cc1ccc(C(F)(F)F)c(Cl)n1)NC(=O)O. The number of alkyl halides is 3. The molecule has 2 N–H and O–H groups in total. The fourth-order valence-electron chi connectivity index (χ4n) is 1.57. The highest BCUT2D eigenvalue weighted by Crippen LogP contribution is 2.33. The van der Waals surface area contributed by atoms with Gasteiger partial charge in [-0.2, -0.15) is 13.2 Å². The van der Waals surface area contributed by atoms with E-state index in [1.807, 2.05) is 0 Å². The van der Waals surface area contributed by atoms with Crippen molar-refractivity contribution in [2.45, 2.75) is 32.0 Å². The lowest BCUT2D eigenvalue weighted by atomic mass is 9.98. The molecule has 0 saturated heterocycles. The van der Waals surface area contributed by atoms with Gasteiger partial charge in [-0.05, 0) is 26.0 Å². The number of nitrogens with zero attached hydrogens (tertiary/aromatic N) is 1. The molecule has 1 amide bonds. The summed E-state index contributed by atoms with van der Waals surface area (Å²) in [5, 5.41) is 10.2. The van der Waals surface area contributed by atoms with Crippen LogP contribution in [0.2, 0.25) is 5.15 Å². The van der Waals surface area contributed by atoms with Gasteiger partial charge in [-0.15, -0.1) is 0 Å². The largest absolute Gasteiger partial charge is 0.465 e. The average Bonchev–Trinajstić information content (AvgIpc) is 2.11. The van der Waals surface area contributed by atoms with Gasteiger partial charge in [0.1, 0.15) is 5.15 Å². The van der Waals surface area contributed by atoms with Crippen molar-refractivity contribution in [3.05, 3.63) is 28.5 Å². The number of rotatable bonds is 3. The monoisotopic (exact) mass is 296 g/mol. The summed E-state index contributed by atoms with van der Waals surface area (Å²) in [5.41, 5.74) is -1.60. The molecule has 8 heteroatoms. The van der Waals surface area contributed by atoms with Crippen molar-refractivity contribution in [3.8, 4) is 0 Å². The lowest BCUT2D eigenvalue weighted by Crippen LogP contribution is -2.44. The van der Waals surface area contributed by atoms with Crippen molar-refractivity contribution < 1.29 is 23.1 Å². The first-order valence-electron chi connectivity index (χ1n) is 5.25. The van der Waals surface area contributed by atoms with E-state index in [2.05, 4.69) is 10.3 Å². The van der Waals surface area contributed by atoms with Gasteiger partial charge in [-0.1, -0.05) is 11.6 Å². The molecule has 19 heavy (non-hydrogen) atoms. The summed E-state index contributed by atoms with van der Waals surface area (Å²) in [6, 6.07) is 2.02. The molecular weight excluding hydrogens is 285 g/mol. The number of hydrogen-bond acceptors (Lipinski definition) is 2. The van der Waals surface area contributed by atoms with Crippen LogP contribution in [-0.4, -0.2) is 21.7 Å². The average molecular weight is 297 g/mol. The fourth-order valence-corrected chi connectivity index (χ4v) is 1.85. The number of halogens is 4. The summed E-state index contributed by atoms with van der Waals surface area (Å²) in [7, 11) is 0. The molecule has 1 rings (SSSR count). The number of nitrogens with one attached hydrogen (secondary N) is 1. The maximum Gasteiger partial charge on any atom is 0.419 e. The Morgan fingerprint density at radius 3 is 2.42 bits per heavy atom. The van der Waals surface area contributed by atoms with Crippen LogP contribution in [0.3, 0.4) is 0 Å². The van der Waals surface area contributed by atoms with Gasteiger partial charge >= 0.3 is 12.3 Å². The molecule has 0 bridgehead atoms. The van der Waals surface area contributed by atoms with Gasteiger partial charge in [0.25, 0.3) is 0 Å². The van der Waals surface area contributed by atoms with Crippen LogP contribution in [-0.2, 0) is 12.6 Å². The summed E-state index contributed by atoms with van der Waals surface area (Å²) in [6.07, 6.45) is -5.66. The molecule has 0 fully saturated rings. The zero-order valence-corrected chi connectivity index (χ0v) is 10.9. The highest BCUT2D eigenvalue weighted by atomic mass is 35.5. The van der Waals surface area contributed by atoms with Gasteiger partial charge in [-0.25, -0.2) is 9.78 Å². The number of carbonyl (C=O) groups is 1. The Kier molecular flexibility index (Phi) is 4.29. The lowest BCUT2D eigenvalue weighted by molar-refractivity contribution is -0.137. The summed E-state index contributed by atoms with van der Waals surface area (Å²) < 4.78 is 37.4. The minimum atomic E-state index is -4.56. The standard InChI is InChI=1S/C11H12ClF3N2O2/c1-10(2,17-9(18)19)5-6-3-4-7(8(12)16-6)11(13,14)15/h3-4,17H,5H2,1-2H3,(H,18,19). The van der Waals surface area contributed by atoms with E-state index in [1.54, 1.807) is 13.8 Å². The molecule has 0 saturated carbocycles. The van der Waals surface area contributed by atoms with Crippen LogP contribution in [0, 0.1) is 0 Å². The smallest absolute Gasteiger partial charge is 0.419 e. The third kappa shape index (κ3) is 4.59. The number of carboxylic acid groups (broad SMARTS) is 1. The molecule has 0 radical (unpaired) electrons. The van der Waals surface area contributed by atoms with E-state index >= 15 is 0 Å². The molecule has 0 aliphatic carbocycles. The van der Waals surface area contributed by atoms with Crippen molar-refractivity contribution in [2.75, 3.05) is 0 Å². The first-order valence-corrected chi connectivity index (χ1v) is 5.63. The van der Waals surface area contributed by atoms with Gasteiger partial charge < -0.3 is 10.4 Å². The van der Waals surface area contributed by atoms with Crippen molar-refractivity contribution in [1.82, 2.24) is 10.3 Å². The topological polar surface area (TPSA) is 62.2 Å². The summed E-state index contributed by atoms with van der Waals surface area (Å²) in [4.78, 5) is 14.2.